The number of carbonyl (C=O) groups excluding carboxylic acids is 2. The smallest absolute Gasteiger partial charge is 0.285 e. The fourth-order valence-electron chi connectivity index (χ4n) is 3.98. The molecule has 0 radical (unpaired) electrons. The molecule has 1 fully saturated rings. The molecule has 4 aromatic rings. The van der Waals surface area contributed by atoms with Crippen molar-refractivity contribution in [2.75, 3.05) is 0 Å². The molecule has 4 aromatic carbocycles. The van der Waals surface area contributed by atoms with Crippen LogP contribution in [0.2, 0.25) is 5.02 Å². The molecule has 5 rings (SSSR count). The van der Waals surface area contributed by atoms with Gasteiger partial charge in [-0.1, -0.05) is 90.1 Å². The Bertz CT molecular complexity index is 1580. The number of fused-ring (bicyclic) bond motifs is 1. The number of rotatable bonds is 6. The Morgan fingerprint density at radius 3 is 2.65 bits per heavy atom. The van der Waals surface area contributed by atoms with Crippen LogP contribution in [0.1, 0.15) is 27.0 Å². The van der Waals surface area contributed by atoms with Crippen molar-refractivity contribution in [1.29, 1.82) is 0 Å². The molecule has 1 aliphatic heterocycles. The third-order valence-corrected chi connectivity index (χ3v) is 7.46. The molecule has 0 spiro atoms. The van der Waals surface area contributed by atoms with E-state index in [0.29, 0.717) is 22.3 Å². The highest BCUT2D eigenvalue weighted by Crippen LogP contribution is 2.34. The minimum absolute atomic E-state index is 0.224. The first-order valence-corrected chi connectivity index (χ1v) is 13.0. The van der Waals surface area contributed by atoms with Crippen LogP contribution < -0.4 is 10.2 Å². The second-order valence-electron chi connectivity index (χ2n) is 8.41. The zero-order valence-corrected chi connectivity index (χ0v) is 22.1. The predicted octanol–water partition coefficient (Wildman–Crippen LogP) is 6.93. The fraction of sp³-hybridized carbons (Fsp3) is 0.0690. The zero-order chi connectivity index (χ0) is 25.9. The molecule has 1 N–H and O–H groups in total. The third kappa shape index (κ3) is 5.39. The standard InChI is InChI=1S/C29H21ClN2O3S2/c1-18-13-14-23(24(30)15-18)27(33)31-32-28(34)26(37-29(32)36)16-20-8-3-5-12-25(20)35-17-21-10-6-9-19-7-2-4-11-22(19)21/h2-16H,17H2,1H3,(H,31,33)/b26-16-. The van der Waals surface area contributed by atoms with E-state index in [1.54, 1.807) is 24.3 Å². The van der Waals surface area contributed by atoms with Crippen LogP contribution in [0.3, 0.4) is 0 Å². The fourth-order valence-corrected chi connectivity index (χ4v) is 5.47. The number of ether oxygens (including phenoxy) is 1. The van der Waals surface area contributed by atoms with Gasteiger partial charge in [0.15, 0.2) is 4.32 Å². The van der Waals surface area contributed by atoms with Crippen LogP contribution in [-0.2, 0) is 11.4 Å². The average molecular weight is 545 g/mol. The molecule has 0 atom stereocenters. The van der Waals surface area contributed by atoms with Gasteiger partial charge >= 0.3 is 0 Å². The molecule has 1 aliphatic rings. The van der Waals surface area contributed by atoms with E-state index < -0.39 is 11.8 Å². The van der Waals surface area contributed by atoms with Crippen LogP contribution in [-0.4, -0.2) is 21.1 Å². The monoisotopic (exact) mass is 544 g/mol. The van der Waals surface area contributed by atoms with Crippen LogP contribution in [0.5, 0.6) is 5.75 Å². The summed E-state index contributed by atoms with van der Waals surface area (Å²) in [6.07, 6.45) is 1.72. The minimum atomic E-state index is -0.513. The van der Waals surface area contributed by atoms with Gasteiger partial charge in [-0.15, -0.1) is 0 Å². The molecule has 184 valence electrons. The van der Waals surface area contributed by atoms with Crippen molar-refractivity contribution >= 4 is 68.6 Å². The summed E-state index contributed by atoms with van der Waals surface area (Å²) in [6, 6.07) is 26.8. The summed E-state index contributed by atoms with van der Waals surface area (Å²) in [5, 5.41) is 3.65. The normalized spacial score (nSPS) is 14.4. The van der Waals surface area contributed by atoms with E-state index in [4.69, 9.17) is 28.6 Å². The number of para-hydroxylation sites is 1. The van der Waals surface area contributed by atoms with E-state index in [1.807, 2.05) is 55.5 Å². The van der Waals surface area contributed by atoms with Crippen LogP contribution >= 0.6 is 35.6 Å². The predicted molar refractivity (Wildman–Crippen MR) is 153 cm³/mol. The molecule has 8 heteroatoms. The van der Waals surface area contributed by atoms with Crippen molar-refractivity contribution in [3.63, 3.8) is 0 Å². The van der Waals surface area contributed by atoms with Gasteiger partial charge in [0.05, 0.1) is 15.5 Å². The molecule has 1 saturated heterocycles. The number of benzene rings is 4. The molecule has 1 heterocycles. The first-order chi connectivity index (χ1) is 17.9. The zero-order valence-electron chi connectivity index (χ0n) is 19.7. The van der Waals surface area contributed by atoms with Gasteiger partial charge in [0, 0.05) is 5.56 Å². The number of carbonyl (C=O) groups is 2. The lowest BCUT2D eigenvalue weighted by atomic mass is 10.1. The molecule has 0 aromatic heterocycles. The highest BCUT2D eigenvalue weighted by Gasteiger charge is 2.34. The van der Waals surface area contributed by atoms with Crippen molar-refractivity contribution < 1.29 is 14.3 Å². The van der Waals surface area contributed by atoms with Gasteiger partial charge < -0.3 is 4.74 Å². The van der Waals surface area contributed by atoms with Crippen molar-refractivity contribution in [2.45, 2.75) is 13.5 Å². The number of aryl methyl sites for hydroxylation is 1. The van der Waals surface area contributed by atoms with E-state index in [0.717, 1.165) is 44.2 Å². The SMILES string of the molecule is Cc1ccc(C(=O)NN2C(=O)/C(=C/c3ccccc3OCc3cccc4ccccc34)SC2=S)c(Cl)c1. The minimum Gasteiger partial charge on any atom is -0.488 e. The summed E-state index contributed by atoms with van der Waals surface area (Å²) in [4.78, 5) is 26.3. The van der Waals surface area contributed by atoms with E-state index in [-0.39, 0.29) is 9.88 Å². The van der Waals surface area contributed by atoms with Crippen molar-refractivity contribution in [3.05, 3.63) is 117 Å². The first-order valence-electron chi connectivity index (χ1n) is 11.4. The largest absolute Gasteiger partial charge is 0.488 e. The van der Waals surface area contributed by atoms with Crippen molar-refractivity contribution in [2.24, 2.45) is 0 Å². The lowest BCUT2D eigenvalue weighted by molar-refractivity contribution is -0.123. The van der Waals surface area contributed by atoms with E-state index in [2.05, 4.69) is 23.6 Å². The summed E-state index contributed by atoms with van der Waals surface area (Å²) in [7, 11) is 0. The number of hydrogen-bond acceptors (Lipinski definition) is 5. The Hall–Kier alpha value is -3.65. The van der Waals surface area contributed by atoms with E-state index >= 15 is 0 Å². The van der Waals surface area contributed by atoms with Gasteiger partial charge in [0.25, 0.3) is 11.8 Å². The van der Waals surface area contributed by atoms with Crippen molar-refractivity contribution in [1.82, 2.24) is 10.4 Å². The molecule has 0 aliphatic carbocycles. The molecule has 5 nitrogen and oxygen atoms in total. The van der Waals surface area contributed by atoms with Crippen LogP contribution in [0, 0.1) is 6.92 Å². The summed E-state index contributed by atoms with van der Waals surface area (Å²) in [5.41, 5.74) is 5.56. The number of nitrogens with one attached hydrogen (secondary N) is 1. The van der Waals surface area contributed by atoms with Gasteiger partial charge in [-0.25, -0.2) is 0 Å². The van der Waals surface area contributed by atoms with E-state index in [1.165, 1.54) is 0 Å². The molecule has 0 saturated carbocycles. The second kappa shape index (κ2) is 10.8. The summed E-state index contributed by atoms with van der Waals surface area (Å²) >= 11 is 12.7. The number of hydrogen-bond donors (Lipinski definition) is 1. The molecule has 0 unspecified atom stereocenters. The van der Waals surface area contributed by atoms with Gasteiger partial charge in [-0.2, -0.15) is 5.01 Å². The third-order valence-electron chi connectivity index (χ3n) is 5.84. The van der Waals surface area contributed by atoms with Gasteiger partial charge in [0.2, 0.25) is 0 Å². The highest BCUT2D eigenvalue weighted by atomic mass is 35.5. The number of amides is 2. The number of halogens is 1. The number of thiocarbonyl (C=S) groups is 1. The Balaban J connectivity index is 1.34. The average Bonchev–Trinajstić information content (AvgIpc) is 3.15. The Morgan fingerprint density at radius 1 is 1.05 bits per heavy atom. The number of hydrazine groups is 1. The molecule has 0 bridgehead atoms. The number of nitrogens with zero attached hydrogens (tertiary/aromatic N) is 1. The maximum absolute atomic E-state index is 13.1. The molecular formula is C29H21ClN2O3S2. The second-order valence-corrected chi connectivity index (χ2v) is 10.5. The van der Waals surface area contributed by atoms with Gasteiger partial charge in [0.1, 0.15) is 12.4 Å². The van der Waals surface area contributed by atoms with Crippen molar-refractivity contribution in [3.8, 4) is 5.75 Å². The Kier molecular flexibility index (Phi) is 7.28. The maximum atomic E-state index is 13.1. The molecule has 2 amide bonds. The summed E-state index contributed by atoms with van der Waals surface area (Å²) < 4.78 is 6.40. The lowest BCUT2D eigenvalue weighted by Gasteiger charge is -2.16. The van der Waals surface area contributed by atoms with Crippen LogP contribution in [0.25, 0.3) is 16.8 Å². The van der Waals surface area contributed by atoms with Gasteiger partial charge in [-0.3, -0.25) is 15.0 Å². The van der Waals surface area contributed by atoms with Crippen LogP contribution in [0.4, 0.5) is 0 Å². The topological polar surface area (TPSA) is 58.6 Å². The Morgan fingerprint density at radius 2 is 1.81 bits per heavy atom. The lowest BCUT2D eigenvalue weighted by Crippen LogP contribution is -2.44. The maximum Gasteiger partial charge on any atom is 0.285 e. The van der Waals surface area contributed by atoms with E-state index in [9.17, 15) is 9.59 Å². The van der Waals surface area contributed by atoms with Gasteiger partial charge in [-0.05, 0) is 65.3 Å². The number of thioether (sulfide) groups is 1. The molecule has 37 heavy (non-hydrogen) atoms. The summed E-state index contributed by atoms with van der Waals surface area (Å²) in [6.45, 7) is 2.25. The highest BCUT2D eigenvalue weighted by molar-refractivity contribution is 8.26. The quantitative estimate of drug-likeness (QED) is 0.211. The summed E-state index contributed by atoms with van der Waals surface area (Å²) in [5.74, 6) is -0.298. The van der Waals surface area contributed by atoms with Crippen LogP contribution in [0.15, 0.2) is 89.8 Å². The Labute approximate surface area is 229 Å². The molecular weight excluding hydrogens is 524 g/mol. The first kappa shape index (κ1) is 25.0.